The van der Waals surface area contributed by atoms with Gasteiger partial charge in [0.2, 0.25) is 0 Å². The third-order valence-corrected chi connectivity index (χ3v) is 5.42. The van der Waals surface area contributed by atoms with E-state index in [1.54, 1.807) is 23.8 Å². The molecular formula is C19H20BrN3O3S. The van der Waals surface area contributed by atoms with Crippen LogP contribution in [0.2, 0.25) is 0 Å². The fraction of sp³-hybridized carbons (Fsp3) is 0.316. The summed E-state index contributed by atoms with van der Waals surface area (Å²) in [5.74, 6) is -0.421. The lowest BCUT2D eigenvalue weighted by atomic mass is 10.1. The van der Waals surface area contributed by atoms with Gasteiger partial charge in [0.15, 0.2) is 5.11 Å². The number of hydrogen-bond acceptors (Lipinski definition) is 4. The first-order valence-electron chi connectivity index (χ1n) is 8.62. The van der Waals surface area contributed by atoms with E-state index in [1.807, 2.05) is 42.0 Å². The molecule has 2 aromatic rings. The fourth-order valence-electron chi connectivity index (χ4n) is 3.13. The number of fused-ring (bicyclic) bond motifs is 1. The number of likely N-dealkylation sites (N-methyl/N-ethyl adjacent to an activating group) is 2. The van der Waals surface area contributed by atoms with Crippen LogP contribution in [0.15, 0.2) is 34.6 Å². The lowest BCUT2D eigenvalue weighted by Crippen LogP contribution is -2.30. The number of carbonyl (C=O) groups is 2. The Balaban J connectivity index is 2.09. The summed E-state index contributed by atoms with van der Waals surface area (Å²) >= 11 is 8.85. The molecule has 8 heteroatoms. The maximum Gasteiger partial charge on any atom is 0.325 e. The molecule has 0 N–H and O–H groups in total. The van der Waals surface area contributed by atoms with Crippen LogP contribution in [0, 0.1) is 0 Å². The van der Waals surface area contributed by atoms with Crippen molar-refractivity contribution in [2.75, 3.05) is 20.2 Å². The van der Waals surface area contributed by atoms with Crippen LogP contribution in [0.25, 0.3) is 17.0 Å². The Labute approximate surface area is 171 Å². The molecule has 1 fully saturated rings. The topological polar surface area (TPSA) is 54.8 Å². The Hall–Kier alpha value is -2.19. The summed E-state index contributed by atoms with van der Waals surface area (Å²) in [6.07, 6.45) is 3.68. The van der Waals surface area contributed by atoms with Gasteiger partial charge in [0.1, 0.15) is 12.2 Å². The number of esters is 1. The van der Waals surface area contributed by atoms with Crippen molar-refractivity contribution in [3.05, 3.63) is 40.1 Å². The molecule has 0 spiro atoms. The molecule has 0 saturated carbocycles. The zero-order valence-electron chi connectivity index (χ0n) is 15.4. The van der Waals surface area contributed by atoms with Crippen molar-refractivity contribution in [2.24, 2.45) is 0 Å². The molecule has 1 amide bonds. The van der Waals surface area contributed by atoms with Gasteiger partial charge in [-0.2, -0.15) is 0 Å². The number of ether oxygens (including phenoxy) is 1. The first-order valence-corrected chi connectivity index (χ1v) is 9.82. The Bertz CT molecular complexity index is 967. The van der Waals surface area contributed by atoms with Crippen molar-refractivity contribution in [3.8, 4) is 0 Å². The van der Waals surface area contributed by atoms with Gasteiger partial charge in [-0.1, -0.05) is 15.9 Å². The van der Waals surface area contributed by atoms with Crippen LogP contribution in [0.1, 0.15) is 19.4 Å². The van der Waals surface area contributed by atoms with Gasteiger partial charge < -0.3 is 14.2 Å². The summed E-state index contributed by atoms with van der Waals surface area (Å²) in [7, 11) is 1.79. The van der Waals surface area contributed by atoms with Crippen LogP contribution in [0.4, 0.5) is 0 Å². The van der Waals surface area contributed by atoms with Gasteiger partial charge in [0.05, 0.1) is 6.61 Å². The summed E-state index contributed by atoms with van der Waals surface area (Å²) in [6, 6.07) is 5.82. The van der Waals surface area contributed by atoms with E-state index in [2.05, 4.69) is 15.9 Å². The minimum Gasteiger partial charge on any atom is -0.465 e. The molecule has 0 aliphatic carbocycles. The molecule has 0 radical (unpaired) electrons. The summed E-state index contributed by atoms with van der Waals surface area (Å²) in [4.78, 5) is 27.9. The second-order valence-electron chi connectivity index (χ2n) is 6.10. The van der Waals surface area contributed by atoms with Crippen molar-refractivity contribution < 1.29 is 14.3 Å². The Morgan fingerprint density at radius 2 is 2.07 bits per heavy atom. The third kappa shape index (κ3) is 3.64. The standard InChI is InChI=1S/C19H20BrN3O3S/c1-4-23-18(25)16(21(3)19(23)27)8-12-10-22(11-17(24)26-5-2)15-7-6-13(20)9-14(12)15/h6-10H,4-5,11H2,1-3H3/b16-8-. The number of amides is 1. The molecule has 1 aliphatic rings. The highest BCUT2D eigenvalue weighted by atomic mass is 79.9. The van der Waals surface area contributed by atoms with Crippen molar-refractivity contribution in [1.82, 2.24) is 14.4 Å². The van der Waals surface area contributed by atoms with Gasteiger partial charge in [0, 0.05) is 40.7 Å². The van der Waals surface area contributed by atoms with Crippen LogP contribution in [0.5, 0.6) is 0 Å². The number of aromatic nitrogens is 1. The Kier molecular flexibility index (Phi) is 5.67. The zero-order chi connectivity index (χ0) is 19.7. The number of thiocarbonyl (C=S) groups is 1. The van der Waals surface area contributed by atoms with Gasteiger partial charge in [0.25, 0.3) is 5.91 Å². The summed E-state index contributed by atoms with van der Waals surface area (Å²) < 4.78 is 7.82. The van der Waals surface area contributed by atoms with Gasteiger partial charge in [-0.25, -0.2) is 0 Å². The monoisotopic (exact) mass is 449 g/mol. The molecule has 2 heterocycles. The maximum atomic E-state index is 12.7. The molecule has 1 aromatic carbocycles. The summed E-state index contributed by atoms with van der Waals surface area (Å²) in [5.41, 5.74) is 2.24. The van der Waals surface area contributed by atoms with Crippen molar-refractivity contribution >= 4 is 62.1 Å². The van der Waals surface area contributed by atoms with Crippen LogP contribution in [-0.4, -0.2) is 51.6 Å². The molecule has 27 heavy (non-hydrogen) atoms. The smallest absolute Gasteiger partial charge is 0.325 e. The quantitative estimate of drug-likeness (QED) is 0.397. The summed E-state index contributed by atoms with van der Waals surface area (Å²) in [6.45, 7) is 4.64. The lowest BCUT2D eigenvalue weighted by Gasteiger charge is -2.13. The molecule has 0 unspecified atom stereocenters. The normalized spacial score (nSPS) is 16.1. The second kappa shape index (κ2) is 7.82. The van der Waals surface area contributed by atoms with Crippen LogP contribution in [-0.2, 0) is 20.9 Å². The highest BCUT2D eigenvalue weighted by Gasteiger charge is 2.34. The minimum absolute atomic E-state index is 0.110. The predicted octanol–water partition coefficient (Wildman–Crippen LogP) is 3.39. The SMILES string of the molecule is CCOC(=O)Cn1cc(/C=C2/C(=O)N(CC)C(=S)N2C)c2cc(Br)ccc21. The molecule has 0 atom stereocenters. The summed E-state index contributed by atoms with van der Waals surface area (Å²) in [5, 5.41) is 1.42. The first kappa shape index (κ1) is 19.6. The molecule has 1 aromatic heterocycles. The van der Waals surface area contributed by atoms with Crippen molar-refractivity contribution in [3.63, 3.8) is 0 Å². The van der Waals surface area contributed by atoms with E-state index in [-0.39, 0.29) is 18.4 Å². The van der Waals surface area contributed by atoms with Crippen molar-refractivity contribution in [1.29, 1.82) is 0 Å². The predicted molar refractivity (Wildman–Crippen MR) is 112 cm³/mol. The van der Waals surface area contributed by atoms with E-state index in [0.29, 0.717) is 24.0 Å². The fourth-order valence-corrected chi connectivity index (χ4v) is 3.80. The van der Waals surface area contributed by atoms with Crippen LogP contribution in [0.3, 0.4) is 0 Å². The maximum absolute atomic E-state index is 12.7. The van der Waals surface area contributed by atoms with Crippen molar-refractivity contribution in [2.45, 2.75) is 20.4 Å². The van der Waals surface area contributed by atoms with E-state index in [0.717, 1.165) is 20.9 Å². The van der Waals surface area contributed by atoms with E-state index in [4.69, 9.17) is 17.0 Å². The first-order chi connectivity index (χ1) is 12.9. The molecule has 142 valence electrons. The number of nitrogens with zero attached hydrogens (tertiary/aromatic N) is 3. The number of rotatable bonds is 5. The largest absolute Gasteiger partial charge is 0.465 e. The lowest BCUT2D eigenvalue weighted by molar-refractivity contribution is -0.143. The van der Waals surface area contributed by atoms with E-state index in [1.165, 1.54) is 0 Å². The molecule has 3 rings (SSSR count). The van der Waals surface area contributed by atoms with Gasteiger partial charge in [-0.15, -0.1) is 0 Å². The van der Waals surface area contributed by atoms with Gasteiger partial charge in [-0.3, -0.25) is 14.5 Å². The number of halogens is 1. The highest BCUT2D eigenvalue weighted by molar-refractivity contribution is 9.10. The number of benzene rings is 1. The van der Waals surface area contributed by atoms with E-state index in [9.17, 15) is 9.59 Å². The Morgan fingerprint density at radius 1 is 1.33 bits per heavy atom. The molecule has 0 bridgehead atoms. The van der Waals surface area contributed by atoms with E-state index < -0.39 is 0 Å². The average Bonchev–Trinajstić information content (AvgIpc) is 3.05. The molecular weight excluding hydrogens is 430 g/mol. The molecule has 1 aliphatic heterocycles. The Morgan fingerprint density at radius 3 is 2.70 bits per heavy atom. The number of carbonyl (C=O) groups excluding carboxylic acids is 2. The second-order valence-corrected chi connectivity index (χ2v) is 7.38. The zero-order valence-corrected chi connectivity index (χ0v) is 17.8. The molecule has 1 saturated heterocycles. The average molecular weight is 450 g/mol. The number of hydrogen-bond donors (Lipinski definition) is 0. The third-order valence-electron chi connectivity index (χ3n) is 4.43. The van der Waals surface area contributed by atoms with Gasteiger partial charge >= 0.3 is 5.97 Å². The highest BCUT2D eigenvalue weighted by Crippen LogP contribution is 2.29. The molecule has 6 nitrogen and oxygen atoms in total. The minimum atomic E-state index is -0.302. The van der Waals surface area contributed by atoms with Crippen LogP contribution >= 0.6 is 28.1 Å². The van der Waals surface area contributed by atoms with E-state index >= 15 is 0 Å². The van der Waals surface area contributed by atoms with Crippen LogP contribution < -0.4 is 0 Å². The van der Waals surface area contributed by atoms with Gasteiger partial charge in [-0.05, 0) is 50.3 Å².